The molecule has 0 saturated carbocycles. The van der Waals surface area contributed by atoms with E-state index in [0.717, 1.165) is 17.3 Å². The molecule has 5 nitrogen and oxygen atoms in total. The van der Waals surface area contributed by atoms with Crippen molar-refractivity contribution in [2.24, 2.45) is 0 Å². The Hall–Kier alpha value is -2.09. The van der Waals surface area contributed by atoms with E-state index in [0.29, 0.717) is 26.3 Å². The quantitative estimate of drug-likeness (QED) is 0.679. The highest BCUT2D eigenvalue weighted by Crippen LogP contribution is 2.43. The van der Waals surface area contributed by atoms with Crippen LogP contribution in [0.25, 0.3) is 16.4 Å². The van der Waals surface area contributed by atoms with Crippen molar-refractivity contribution in [2.75, 3.05) is 0 Å². The molecule has 0 saturated heterocycles. The van der Waals surface area contributed by atoms with Gasteiger partial charge in [-0.25, -0.2) is 8.42 Å². The molecule has 8 heteroatoms. The summed E-state index contributed by atoms with van der Waals surface area (Å²) < 4.78 is 29.9. The summed E-state index contributed by atoms with van der Waals surface area (Å²) in [6.45, 7) is 0. The van der Waals surface area contributed by atoms with Gasteiger partial charge < -0.3 is 4.42 Å². The fourth-order valence-corrected chi connectivity index (χ4v) is 5.05. The Morgan fingerprint density at radius 2 is 1.75 bits per heavy atom. The molecule has 0 atom stereocenters. The SMILES string of the molecule is O=S1(=O)C=C(Sc2nnc(-c3ccc(Cl)cc3)o2)c2ccccc21. The summed E-state index contributed by atoms with van der Waals surface area (Å²) in [5.41, 5.74) is 1.39. The largest absolute Gasteiger partial charge is 0.411 e. The van der Waals surface area contributed by atoms with Crippen molar-refractivity contribution in [1.29, 1.82) is 0 Å². The van der Waals surface area contributed by atoms with Gasteiger partial charge in [0, 0.05) is 21.1 Å². The van der Waals surface area contributed by atoms with E-state index in [1.807, 2.05) is 0 Å². The van der Waals surface area contributed by atoms with Gasteiger partial charge in [0.25, 0.3) is 5.22 Å². The number of thioether (sulfide) groups is 1. The molecule has 1 aliphatic rings. The molecule has 0 bridgehead atoms. The first-order chi connectivity index (χ1) is 11.5. The number of nitrogens with zero attached hydrogens (tertiary/aromatic N) is 2. The molecule has 3 aromatic rings. The molecule has 1 aliphatic heterocycles. The normalized spacial score (nSPS) is 15.1. The number of fused-ring (bicyclic) bond motifs is 1. The predicted octanol–water partition coefficient (Wildman–Crippen LogP) is 4.27. The van der Waals surface area contributed by atoms with Gasteiger partial charge in [-0.15, -0.1) is 10.2 Å². The smallest absolute Gasteiger partial charge is 0.281 e. The molecule has 4 rings (SSSR count). The Morgan fingerprint density at radius 1 is 1.00 bits per heavy atom. The van der Waals surface area contributed by atoms with E-state index in [1.54, 1.807) is 48.5 Å². The van der Waals surface area contributed by atoms with E-state index in [9.17, 15) is 8.42 Å². The summed E-state index contributed by atoms with van der Waals surface area (Å²) in [4.78, 5) is 0.863. The van der Waals surface area contributed by atoms with Crippen molar-refractivity contribution in [3.63, 3.8) is 0 Å². The lowest BCUT2D eigenvalue weighted by Crippen LogP contribution is -1.91. The highest BCUT2D eigenvalue weighted by Gasteiger charge is 2.28. The molecule has 0 unspecified atom stereocenters. The Labute approximate surface area is 147 Å². The molecule has 0 spiro atoms. The Kier molecular flexibility index (Phi) is 3.71. The van der Waals surface area contributed by atoms with Gasteiger partial charge in [-0.1, -0.05) is 29.8 Å². The average molecular weight is 377 g/mol. The number of rotatable bonds is 3. The molecule has 0 N–H and O–H groups in total. The number of benzene rings is 2. The first kappa shape index (κ1) is 15.4. The minimum Gasteiger partial charge on any atom is -0.411 e. The summed E-state index contributed by atoms with van der Waals surface area (Å²) in [5.74, 6) is 0.351. The van der Waals surface area contributed by atoms with Crippen molar-refractivity contribution in [3.05, 3.63) is 64.5 Å². The third kappa shape index (κ3) is 2.75. The van der Waals surface area contributed by atoms with Crippen LogP contribution in [-0.2, 0) is 9.84 Å². The minimum atomic E-state index is -3.41. The minimum absolute atomic E-state index is 0.276. The average Bonchev–Trinajstić information content (AvgIpc) is 3.12. The first-order valence-corrected chi connectivity index (χ1v) is 9.60. The first-order valence-electron chi connectivity index (χ1n) is 6.86. The number of sulfone groups is 1. The zero-order valence-electron chi connectivity index (χ0n) is 12.0. The van der Waals surface area contributed by atoms with Crippen molar-refractivity contribution in [3.8, 4) is 11.5 Å². The van der Waals surface area contributed by atoms with Crippen LogP contribution in [0.5, 0.6) is 0 Å². The summed E-state index contributed by atoms with van der Waals surface area (Å²) in [5, 5.41) is 10.1. The molecule has 0 fully saturated rings. The van der Waals surface area contributed by atoms with Crippen LogP contribution in [0.4, 0.5) is 0 Å². The molecule has 0 amide bonds. The van der Waals surface area contributed by atoms with Gasteiger partial charge in [0.15, 0.2) is 0 Å². The van der Waals surface area contributed by atoms with Crippen LogP contribution in [-0.4, -0.2) is 18.6 Å². The van der Waals surface area contributed by atoms with Crippen LogP contribution in [0.1, 0.15) is 5.56 Å². The van der Waals surface area contributed by atoms with Gasteiger partial charge in [-0.3, -0.25) is 0 Å². The second kappa shape index (κ2) is 5.77. The van der Waals surface area contributed by atoms with Crippen LogP contribution < -0.4 is 0 Å². The van der Waals surface area contributed by atoms with E-state index >= 15 is 0 Å². The van der Waals surface area contributed by atoms with E-state index < -0.39 is 9.84 Å². The van der Waals surface area contributed by atoms with Gasteiger partial charge in [0.05, 0.1) is 10.3 Å². The highest BCUT2D eigenvalue weighted by molar-refractivity contribution is 8.09. The van der Waals surface area contributed by atoms with Crippen molar-refractivity contribution in [2.45, 2.75) is 10.1 Å². The maximum absolute atomic E-state index is 12.1. The van der Waals surface area contributed by atoms with Crippen LogP contribution in [0.2, 0.25) is 5.02 Å². The molecule has 2 heterocycles. The van der Waals surface area contributed by atoms with Crippen LogP contribution in [0.15, 0.2) is 68.5 Å². The molecule has 120 valence electrons. The molecule has 0 radical (unpaired) electrons. The lowest BCUT2D eigenvalue weighted by atomic mass is 10.2. The summed E-state index contributed by atoms with van der Waals surface area (Å²) in [7, 11) is -3.41. The molecule has 0 aliphatic carbocycles. The molecular weight excluding hydrogens is 368 g/mol. The summed E-state index contributed by atoms with van der Waals surface area (Å²) in [6.07, 6.45) is 0. The fourth-order valence-electron chi connectivity index (χ4n) is 2.32. The number of halogens is 1. The highest BCUT2D eigenvalue weighted by atomic mass is 35.5. The van der Waals surface area contributed by atoms with Gasteiger partial charge in [0.1, 0.15) is 0 Å². The molecule has 2 aromatic carbocycles. The van der Waals surface area contributed by atoms with E-state index in [2.05, 4.69) is 10.2 Å². The Bertz CT molecular complexity index is 1060. The van der Waals surface area contributed by atoms with E-state index in [4.69, 9.17) is 16.0 Å². The maximum atomic E-state index is 12.1. The molecule has 1 aromatic heterocycles. The van der Waals surface area contributed by atoms with Crippen molar-refractivity contribution in [1.82, 2.24) is 10.2 Å². The maximum Gasteiger partial charge on any atom is 0.281 e. The van der Waals surface area contributed by atoms with Crippen molar-refractivity contribution < 1.29 is 12.8 Å². The standard InChI is InChI=1S/C16H9ClN2O3S2/c17-11-7-5-10(6-8-11)15-18-19-16(22-15)23-13-9-24(20,21)14-4-2-1-3-12(13)14/h1-9H. The van der Waals surface area contributed by atoms with E-state index in [-0.39, 0.29) is 5.22 Å². The van der Waals surface area contributed by atoms with Crippen LogP contribution in [0, 0.1) is 0 Å². The topological polar surface area (TPSA) is 73.1 Å². The summed E-state index contributed by atoms with van der Waals surface area (Å²) >= 11 is 6.99. The van der Waals surface area contributed by atoms with Gasteiger partial charge in [0.2, 0.25) is 15.7 Å². The fraction of sp³-hybridized carbons (Fsp3) is 0. The zero-order chi connectivity index (χ0) is 16.7. The Balaban J connectivity index is 1.65. The zero-order valence-corrected chi connectivity index (χ0v) is 14.4. The molecule has 24 heavy (non-hydrogen) atoms. The van der Waals surface area contributed by atoms with Crippen LogP contribution in [0.3, 0.4) is 0 Å². The van der Waals surface area contributed by atoms with Crippen molar-refractivity contribution >= 4 is 38.1 Å². The predicted molar refractivity (Wildman–Crippen MR) is 92.2 cm³/mol. The van der Waals surface area contributed by atoms with Gasteiger partial charge in [-0.2, -0.15) is 0 Å². The third-order valence-electron chi connectivity index (χ3n) is 3.42. The number of aromatic nitrogens is 2. The number of hydrogen-bond donors (Lipinski definition) is 0. The number of hydrogen-bond acceptors (Lipinski definition) is 6. The van der Waals surface area contributed by atoms with Crippen LogP contribution >= 0.6 is 23.4 Å². The van der Waals surface area contributed by atoms with E-state index in [1.165, 1.54) is 5.41 Å². The molecular formula is C16H9ClN2O3S2. The second-order valence-electron chi connectivity index (χ2n) is 5.01. The summed E-state index contributed by atoms with van der Waals surface area (Å²) in [6, 6.07) is 13.9. The third-order valence-corrected chi connectivity index (χ3v) is 6.23. The van der Waals surface area contributed by atoms with Gasteiger partial charge in [-0.05, 0) is 42.1 Å². The second-order valence-corrected chi connectivity index (χ2v) is 8.20. The monoisotopic (exact) mass is 376 g/mol. The lowest BCUT2D eigenvalue weighted by molar-refractivity contribution is 0.467. The Morgan fingerprint density at radius 3 is 2.54 bits per heavy atom. The van der Waals surface area contributed by atoms with Gasteiger partial charge >= 0.3 is 0 Å². The lowest BCUT2D eigenvalue weighted by Gasteiger charge is -2.00.